The molecule has 0 rings (SSSR count). The van der Waals surface area contributed by atoms with E-state index < -0.39 is 0 Å². The molecule has 4 heavy (non-hydrogen) atoms. The monoisotopic (exact) mass is 228 g/mol. The van der Waals surface area contributed by atoms with Crippen molar-refractivity contribution in [2.24, 2.45) is 0 Å². The third-order valence-electron chi connectivity index (χ3n) is 0. The van der Waals surface area contributed by atoms with Crippen molar-refractivity contribution >= 4 is 0 Å². The second-order valence-electron chi connectivity index (χ2n) is 0. The summed E-state index contributed by atoms with van der Waals surface area (Å²) in [5.74, 6) is 0. The van der Waals surface area contributed by atoms with E-state index in [0.29, 0.717) is 0 Å². The maximum Gasteiger partial charge on any atom is 0 e. The van der Waals surface area contributed by atoms with Crippen LogP contribution in [0.3, 0.4) is 0 Å². The van der Waals surface area contributed by atoms with E-state index in [1.807, 2.05) is 0 Å². The van der Waals surface area contributed by atoms with Gasteiger partial charge < -0.3 is 0 Å². The first-order chi connectivity index (χ1) is 0. The summed E-state index contributed by atoms with van der Waals surface area (Å²) in [5.41, 5.74) is 0. The van der Waals surface area contributed by atoms with Gasteiger partial charge in [-0.05, 0) is 0 Å². The molecule has 0 N–H and O–H groups in total. The van der Waals surface area contributed by atoms with E-state index in [1.54, 1.807) is 0 Å². The Morgan fingerprint density at radius 1 is 1.00 bits per heavy atom. The molecule has 0 saturated heterocycles. The zero-order valence-electron chi connectivity index (χ0n) is 1.57. The fourth-order valence-electron chi connectivity index (χ4n) is 0. The molecule has 0 aliphatic heterocycles. The second kappa shape index (κ2) is 21.8. The van der Waals surface area contributed by atoms with Gasteiger partial charge in [-0.3, -0.25) is 0 Å². The van der Waals surface area contributed by atoms with Gasteiger partial charge in [0.15, 0.2) is 0 Å². The normalized spacial score (nSPS) is 0. The van der Waals surface area contributed by atoms with Crippen LogP contribution in [0.15, 0.2) is 0 Å². The predicted octanol–water partition coefficient (Wildman–Crippen LogP) is -0.126. The van der Waals surface area contributed by atoms with E-state index in [1.165, 1.54) is 0 Å². The summed E-state index contributed by atoms with van der Waals surface area (Å²) in [7, 11) is 0. The third-order valence-corrected chi connectivity index (χ3v) is 0. The zero-order valence-corrected chi connectivity index (χ0v) is 5.91. The molecule has 0 spiro atoms. The van der Waals surface area contributed by atoms with Crippen LogP contribution in [0.1, 0.15) is 0 Å². The molecule has 0 aliphatic carbocycles. The number of rotatable bonds is 0. The van der Waals surface area contributed by atoms with Gasteiger partial charge >= 0.3 is 0 Å². The maximum atomic E-state index is 0. The molecule has 4 radical (unpaired) electrons. The van der Waals surface area contributed by atoms with E-state index in [2.05, 4.69) is 0 Å². The molecule has 0 amide bonds. The summed E-state index contributed by atoms with van der Waals surface area (Å²) in [6.07, 6.45) is 0. The summed E-state index contributed by atoms with van der Waals surface area (Å²) in [6, 6.07) is 0. The minimum absolute atomic E-state index is 0. The quantitative estimate of drug-likeness (QED) is 0.515. The van der Waals surface area contributed by atoms with Crippen LogP contribution in [-0.4, -0.2) is 0 Å². The number of hydrogen-bond acceptors (Lipinski definition) is 0. The SMILES string of the molecule is [Cu].[Mo].[O].[V]. The minimum atomic E-state index is 0. The molecular formula is CuMoOV. The van der Waals surface area contributed by atoms with Gasteiger partial charge in [-0.2, -0.15) is 0 Å². The van der Waals surface area contributed by atoms with Crippen molar-refractivity contribution in [3.05, 3.63) is 0 Å². The summed E-state index contributed by atoms with van der Waals surface area (Å²) >= 11 is 0. The van der Waals surface area contributed by atoms with E-state index in [0.717, 1.165) is 0 Å². The maximum absolute atomic E-state index is 0. The largest absolute Gasteiger partial charge is 0 e. The Morgan fingerprint density at radius 2 is 1.00 bits per heavy atom. The molecule has 0 saturated carbocycles. The molecule has 0 fully saturated rings. The molecule has 4 heteroatoms. The second-order valence-corrected chi connectivity index (χ2v) is 0. The van der Waals surface area contributed by atoms with Crippen LogP contribution in [0.4, 0.5) is 0 Å². The van der Waals surface area contributed by atoms with Crippen LogP contribution in [0.5, 0.6) is 0 Å². The van der Waals surface area contributed by atoms with Gasteiger partial charge in [-0.15, -0.1) is 0 Å². The van der Waals surface area contributed by atoms with Crippen LogP contribution >= 0.6 is 0 Å². The molecule has 0 aromatic rings. The average molecular weight is 226 g/mol. The van der Waals surface area contributed by atoms with Gasteiger partial charge in [-0.1, -0.05) is 0 Å². The Hall–Kier alpha value is 1.75. The Bertz CT molecular complexity index is 8.00. The van der Waals surface area contributed by atoms with E-state index in [9.17, 15) is 0 Å². The first-order valence-electron chi connectivity index (χ1n) is 0. The van der Waals surface area contributed by atoms with Gasteiger partial charge in [-0.25, -0.2) is 0 Å². The third kappa shape index (κ3) is 9.26. The molecule has 0 aromatic carbocycles. The smallest absolute Gasteiger partial charge is 0 e. The number of hydrogen-bond donors (Lipinski definition) is 0. The fourth-order valence-corrected chi connectivity index (χ4v) is 0. The first kappa shape index (κ1) is 42.3. The Labute approximate surface area is 61.8 Å². The average Bonchev–Trinajstić information content (AvgIpc) is 0. The summed E-state index contributed by atoms with van der Waals surface area (Å²) in [5, 5.41) is 0. The van der Waals surface area contributed by atoms with E-state index in [-0.39, 0.29) is 62.2 Å². The Balaban J connectivity index is 0. The van der Waals surface area contributed by atoms with Crippen LogP contribution in [0, 0.1) is 0 Å². The molecule has 0 atom stereocenters. The minimum Gasteiger partial charge on any atom is 0 e. The van der Waals surface area contributed by atoms with Crippen molar-refractivity contribution in [1.82, 2.24) is 0 Å². The molecule has 28 valence electrons. The van der Waals surface area contributed by atoms with Crippen molar-refractivity contribution in [3.8, 4) is 0 Å². The van der Waals surface area contributed by atoms with Gasteiger partial charge in [0, 0.05) is 62.2 Å². The summed E-state index contributed by atoms with van der Waals surface area (Å²) < 4.78 is 0. The molecule has 0 unspecified atom stereocenters. The summed E-state index contributed by atoms with van der Waals surface area (Å²) in [4.78, 5) is 0. The topological polar surface area (TPSA) is 28.5 Å². The molecular weight excluding hydrogens is 226 g/mol. The molecule has 0 bridgehead atoms. The van der Waals surface area contributed by atoms with E-state index in [4.69, 9.17) is 0 Å². The van der Waals surface area contributed by atoms with Gasteiger partial charge in [0.1, 0.15) is 0 Å². The fraction of sp³-hybridized carbons (Fsp3) is 0. The van der Waals surface area contributed by atoms with Crippen molar-refractivity contribution in [3.63, 3.8) is 0 Å². The van der Waals surface area contributed by atoms with Gasteiger partial charge in [0.25, 0.3) is 0 Å². The van der Waals surface area contributed by atoms with Crippen molar-refractivity contribution in [2.45, 2.75) is 0 Å². The van der Waals surface area contributed by atoms with Crippen molar-refractivity contribution in [2.75, 3.05) is 0 Å². The molecule has 0 aliphatic rings. The predicted molar refractivity (Wildman–Crippen MR) is 0.686 cm³/mol. The van der Waals surface area contributed by atoms with Crippen molar-refractivity contribution in [1.29, 1.82) is 0 Å². The van der Waals surface area contributed by atoms with Crippen LogP contribution in [0.25, 0.3) is 0 Å². The first-order valence-corrected chi connectivity index (χ1v) is 0. The van der Waals surface area contributed by atoms with Crippen LogP contribution < -0.4 is 0 Å². The Kier molecular flexibility index (Phi) is 231. The molecule has 0 aromatic heterocycles. The molecule has 1 nitrogen and oxygen atoms in total. The molecule has 0 heterocycles. The van der Waals surface area contributed by atoms with Crippen LogP contribution in [-0.2, 0) is 62.2 Å². The van der Waals surface area contributed by atoms with Gasteiger partial charge in [0.2, 0.25) is 0 Å². The van der Waals surface area contributed by atoms with Gasteiger partial charge in [0.05, 0.1) is 0 Å². The summed E-state index contributed by atoms with van der Waals surface area (Å²) in [6.45, 7) is 0. The van der Waals surface area contributed by atoms with Crippen molar-refractivity contribution < 1.29 is 62.2 Å². The zero-order chi connectivity index (χ0) is 0. The standard InChI is InChI=1S/Cu.Mo.O.V. The van der Waals surface area contributed by atoms with Crippen LogP contribution in [0.2, 0.25) is 0 Å². The van der Waals surface area contributed by atoms with E-state index >= 15 is 0 Å². The Morgan fingerprint density at radius 3 is 1.00 bits per heavy atom.